The molecule has 2 heteroatoms. The molecule has 5 aliphatic carbocycles. The van der Waals surface area contributed by atoms with Crippen LogP contribution in [0.5, 0.6) is 0 Å². The highest BCUT2D eigenvalue weighted by atomic mass is 16.4. The second kappa shape index (κ2) is 7.25. The summed E-state index contributed by atoms with van der Waals surface area (Å²) in [5, 5.41) is 10.2. The first-order valence-corrected chi connectivity index (χ1v) is 14.5. The quantitative estimate of drug-likeness (QED) is 0.452. The smallest absolute Gasteiger partial charge is 0.306 e. The van der Waals surface area contributed by atoms with E-state index in [1.807, 2.05) is 0 Å². The van der Waals surface area contributed by atoms with E-state index in [2.05, 4.69) is 55.4 Å². The van der Waals surface area contributed by atoms with Crippen LogP contribution in [0.4, 0.5) is 0 Å². The van der Waals surface area contributed by atoms with Crippen molar-refractivity contribution in [1.29, 1.82) is 0 Å². The number of carbonyl (C=O) groups is 1. The molecule has 0 radical (unpaired) electrons. The van der Waals surface area contributed by atoms with Gasteiger partial charge < -0.3 is 5.11 Å². The van der Waals surface area contributed by atoms with Crippen molar-refractivity contribution >= 4 is 5.97 Å². The van der Waals surface area contributed by atoms with Crippen molar-refractivity contribution in [3.8, 4) is 0 Å². The van der Waals surface area contributed by atoms with E-state index in [-0.39, 0.29) is 11.3 Å². The average Bonchev–Trinajstić information content (AvgIpc) is 3.01. The Morgan fingerprint density at radius 2 is 1.33 bits per heavy atom. The van der Waals surface area contributed by atoms with Crippen LogP contribution in [0.15, 0.2) is 0 Å². The molecule has 0 aromatic rings. The van der Waals surface area contributed by atoms with Crippen LogP contribution in [-0.2, 0) is 4.79 Å². The van der Waals surface area contributed by atoms with Gasteiger partial charge in [-0.3, -0.25) is 4.79 Å². The summed E-state index contributed by atoms with van der Waals surface area (Å²) in [6.45, 7) is 20.3. The van der Waals surface area contributed by atoms with E-state index in [0.717, 1.165) is 18.3 Å². The van der Waals surface area contributed by atoms with Gasteiger partial charge in [0, 0.05) is 0 Å². The van der Waals surface area contributed by atoms with Gasteiger partial charge in [-0.1, -0.05) is 61.8 Å². The van der Waals surface area contributed by atoms with E-state index in [1.165, 1.54) is 57.8 Å². The van der Waals surface area contributed by atoms with E-state index < -0.39 is 5.97 Å². The van der Waals surface area contributed by atoms with Crippen molar-refractivity contribution in [1.82, 2.24) is 0 Å². The minimum absolute atomic E-state index is 0.139. The second-order valence-corrected chi connectivity index (χ2v) is 15.6. The number of hydrogen-bond acceptors (Lipinski definition) is 1. The zero-order valence-corrected chi connectivity index (χ0v) is 23.0. The number of aliphatic carboxylic acids is 1. The van der Waals surface area contributed by atoms with Gasteiger partial charge in [-0.15, -0.1) is 0 Å². The van der Waals surface area contributed by atoms with E-state index in [1.54, 1.807) is 0 Å². The maximum Gasteiger partial charge on any atom is 0.306 e. The van der Waals surface area contributed by atoms with Crippen LogP contribution in [0, 0.1) is 68.5 Å². The predicted octanol–water partition coefficient (Wildman–Crippen LogP) is 8.44. The first kappa shape index (κ1) is 24.2. The average molecular weight is 457 g/mol. The van der Waals surface area contributed by atoms with Crippen molar-refractivity contribution < 1.29 is 9.90 Å². The third kappa shape index (κ3) is 2.94. The molecule has 5 aliphatic rings. The minimum atomic E-state index is -0.525. The highest BCUT2D eigenvalue weighted by Crippen LogP contribution is 2.78. The predicted molar refractivity (Wildman–Crippen MR) is 136 cm³/mol. The van der Waals surface area contributed by atoms with Crippen LogP contribution in [0.25, 0.3) is 0 Å². The Balaban J connectivity index is 1.53. The molecular weight excluding hydrogens is 404 g/mol. The van der Waals surface area contributed by atoms with Gasteiger partial charge in [0.1, 0.15) is 0 Å². The van der Waals surface area contributed by atoms with Gasteiger partial charge in [0.25, 0.3) is 0 Å². The molecule has 0 unspecified atom stereocenters. The molecule has 5 saturated carbocycles. The summed E-state index contributed by atoms with van der Waals surface area (Å²) in [6.07, 6.45) is 13.3. The fourth-order valence-electron chi connectivity index (χ4n) is 12.6. The molecule has 188 valence electrons. The lowest BCUT2D eigenvalue weighted by Crippen LogP contribution is -2.65. The van der Waals surface area contributed by atoms with Gasteiger partial charge in [0.05, 0.1) is 5.92 Å². The zero-order chi connectivity index (χ0) is 24.2. The normalized spacial score (nSPS) is 55.3. The second-order valence-electron chi connectivity index (χ2n) is 15.6. The Kier molecular flexibility index (Phi) is 5.31. The Morgan fingerprint density at radius 1 is 0.758 bits per heavy atom. The maximum atomic E-state index is 12.4. The summed E-state index contributed by atoms with van der Waals surface area (Å²) in [7, 11) is 0. The van der Waals surface area contributed by atoms with Crippen LogP contribution >= 0.6 is 0 Å². The summed E-state index contributed by atoms with van der Waals surface area (Å²) >= 11 is 0. The van der Waals surface area contributed by atoms with E-state index >= 15 is 0 Å². The SMILES string of the molecule is CC(C)[C@H]1[C@H](C(=O)O)C[C@]2(C)[C@H]3CC[C@@H]4[C@@]5(C)CCCC(C)(C)[C@@H]5CC[C@@]4(C)[C@]3(C)CC[C@@H]12. The molecule has 0 aromatic heterocycles. The first-order valence-electron chi connectivity index (χ1n) is 14.5. The topological polar surface area (TPSA) is 37.3 Å². The van der Waals surface area contributed by atoms with Gasteiger partial charge in [0.2, 0.25) is 0 Å². The Morgan fingerprint density at radius 3 is 1.91 bits per heavy atom. The summed E-state index contributed by atoms with van der Waals surface area (Å²) < 4.78 is 0. The Hall–Kier alpha value is -0.530. The molecule has 0 bridgehead atoms. The van der Waals surface area contributed by atoms with Crippen LogP contribution in [0.1, 0.15) is 120 Å². The summed E-state index contributed by atoms with van der Waals surface area (Å²) in [6, 6.07) is 0. The fraction of sp³-hybridized carbons (Fsp3) is 0.968. The van der Waals surface area contributed by atoms with Crippen LogP contribution in [-0.4, -0.2) is 11.1 Å². The molecule has 10 atom stereocenters. The highest BCUT2D eigenvalue weighted by molar-refractivity contribution is 5.71. The molecule has 0 aliphatic heterocycles. The van der Waals surface area contributed by atoms with Crippen molar-refractivity contribution in [2.24, 2.45) is 68.5 Å². The Bertz CT molecular complexity index is 814. The molecule has 0 aromatic carbocycles. The summed E-state index contributed by atoms with van der Waals surface area (Å²) in [4.78, 5) is 12.4. The highest BCUT2D eigenvalue weighted by Gasteiger charge is 2.71. The van der Waals surface area contributed by atoms with Gasteiger partial charge in [-0.2, -0.15) is 0 Å². The molecule has 0 amide bonds. The molecule has 5 rings (SSSR count). The van der Waals surface area contributed by atoms with E-state index in [9.17, 15) is 9.90 Å². The molecular formula is C31H52O2. The lowest BCUT2D eigenvalue weighted by molar-refractivity contribution is -0.241. The van der Waals surface area contributed by atoms with Crippen molar-refractivity contribution in [3.63, 3.8) is 0 Å². The first-order chi connectivity index (χ1) is 15.2. The zero-order valence-electron chi connectivity index (χ0n) is 23.0. The monoisotopic (exact) mass is 456 g/mol. The van der Waals surface area contributed by atoms with Crippen LogP contribution in [0.2, 0.25) is 0 Å². The van der Waals surface area contributed by atoms with Crippen LogP contribution < -0.4 is 0 Å². The molecule has 0 spiro atoms. The minimum Gasteiger partial charge on any atom is -0.481 e. The van der Waals surface area contributed by atoms with Crippen molar-refractivity contribution in [2.75, 3.05) is 0 Å². The van der Waals surface area contributed by atoms with Gasteiger partial charge in [-0.25, -0.2) is 0 Å². The van der Waals surface area contributed by atoms with Gasteiger partial charge in [0.15, 0.2) is 0 Å². The van der Waals surface area contributed by atoms with E-state index in [0.29, 0.717) is 45.3 Å². The van der Waals surface area contributed by atoms with Crippen molar-refractivity contribution in [3.05, 3.63) is 0 Å². The molecule has 5 fully saturated rings. The molecule has 33 heavy (non-hydrogen) atoms. The summed E-state index contributed by atoms with van der Waals surface area (Å²) in [5.41, 5.74) is 1.92. The lowest BCUT2D eigenvalue weighted by atomic mass is 9.32. The maximum absolute atomic E-state index is 12.4. The molecule has 1 N–H and O–H groups in total. The molecule has 0 saturated heterocycles. The summed E-state index contributed by atoms with van der Waals surface area (Å²) in [5.74, 6) is 3.15. The Labute approximate surface area is 204 Å². The molecule has 2 nitrogen and oxygen atoms in total. The lowest BCUT2D eigenvalue weighted by Gasteiger charge is -2.73. The third-order valence-electron chi connectivity index (χ3n) is 13.9. The number of rotatable bonds is 2. The third-order valence-corrected chi connectivity index (χ3v) is 13.9. The van der Waals surface area contributed by atoms with Crippen molar-refractivity contribution in [2.45, 2.75) is 120 Å². The number of carboxylic acids is 1. The van der Waals surface area contributed by atoms with Gasteiger partial charge in [-0.05, 0) is 120 Å². The molecule has 0 heterocycles. The van der Waals surface area contributed by atoms with Crippen LogP contribution in [0.3, 0.4) is 0 Å². The van der Waals surface area contributed by atoms with E-state index in [4.69, 9.17) is 0 Å². The standard InChI is InChI=1S/C31H52O2/c1-19(2)25-20(26(32)33)18-29(6)21(25)12-16-30(7)24(29)11-10-23-28(5)15-9-14-27(3,4)22(28)13-17-31(23,30)8/h19-25H,9-18H2,1-8H3,(H,32,33)/t20-,21+,22+,23-,24-,25+,28+,29+,30-,31-/m1/s1. The number of hydrogen-bond donors (Lipinski definition) is 1. The number of carboxylic acid groups (broad SMARTS) is 1. The largest absolute Gasteiger partial charge is 0.481 e. The van der Waals surface area contributed by atoms with Gasteiger partial charge >= 0.3 is 5.97 Å². The fourth-order valence-corrected chi connectivity index (χ4v) is 12.6. The number of fused-ring (bicyclic) bond motifs is 7.